The third-order valence-corrected chi connectivity index (χ3v) is 37.0. The molecule has 0 heterocycles. The van der Waals surface area contributed by atoms with Crippen LogP contribution in [0.15, 0.2) is 109 Å². The van der Waals surface area contributed by atoms with Crippen LogP contribution in [0.2, 0.25) is 39.3 Å². The van der Waals surface area contributed by atoms with E-state index in [1.165, 1.54) is 0 Å². The lowest BCUT2D eigenvalue weighted by Crippen LogP contribution is -2.53. The largest absolute Gasteiger partial charge is 0.488 e. The van der Waals surface area contributed by atoms with Crippen molar-refractivity contribution in [3.8, 4) is 69.0 Å². The lowest BCUT2D eigenvalue weighted by molar-refractivity contribution is 0.0958. The van der Waals surface area contributed by atoms with Crippen molar-refractivity contribution in [1.29, 1.82) is 0 Å². The molecule has 0 amide bonds. The molecule has 6 aromatic rings. The van der Waals surface area contributed by atoms with Crippen LogP contribution in [0.3, 0.4) is 0 Å². The number of hydrogen-bond donors (Lipinski definition) is 0. The molecule has 0 N–H and O–H groups in total. The Morgan fingerprint density at radius 1 is 0.167 bits per heavy atom. The molecule has 0 unspecified atom stereocenters. The molecule has 30 heteroatoms. The first-order valence-corrected chi connectivity index (χ1v) is 66.1. The molecule has 0 fully saturated rings. The molecule has 6 rings (SSSR count). The third-order valence-electron chi connectivity index (χ3n) is 18.7. The Hall–Kier alpha value is -6.26. The highest BCUT2D eigenvalue weighted by atomic mass is 28.4. The number of ether oxygens (including phenoxy) is 12. The van der Waals surface area contributed by atoms with E-state index in [-0.39, 0.29) is 67.2 Å². The maximum atomic E-state index is 6.30. The molecule has 0 bridgehead atoms. The van der Waals surface area contributed by atoms with Crippen LogP contribution in [0.1, 0.15) is 332 Å². The van der Waals surface area contributed by atoms with E-state index < -0.39 is 51.4 Å². The van der Waals surface area contributed by atoms with Gasteiger partial charge in [-0.25, -0.2) is 0 Å². The summed E-state index contributed by atoms with van der Waals surface area (Å²) in [4.78, 5) is 0. The van der Waals surface area contributed by atoms with Crippen molar-refractivity contribution >= 4 is 82.5 Å². The van der Waals surface area contributed by atoms with E-state index in [9.17, 15) is 0 Å². The quantitative estimate of drug-likeness (QED) is 0.0325. The van der Waals surface area contributed by atoms with Gasteiger partial charge in [-0.2, -0.15) is 0 Å². The summed E-state index contributed by atoms with van der Waals surface area (Å²) in [5.74, 6) is 9.21. The smallest absolute Gasteiger partial charge is 0.376 e. The summed E-state index contributed by atoms with van der Waals surface area (Å²) < 4.78 is 146. The summed E-state index contributed by atoms with van der Waals surface area (Å²) in [5.41, 5.74) is -3.62. The van der Waals surface area contributed by atoms with Crippen molar-refractivity contribution in [3.63, 3.8) is 0 Å². The monoisotopic (exact) mass is 2130 g/mol. The molecule has 6 aromatic carbocycles. The SMILES string of the molecule is CCO[Si](C)(OCC)c1c(OC(C)(C)C)cccc1OC(C)(C)C.CCO[Si](C)(OCC)c1cc(OC(C)(C)C)cc(OC(C)(C)C)c1.CCO[Si](C)(OCC)c1cc(OC(C)(C)C)ccc1OC(C)(C)C.CCO[Si](C)(OCC)c1ccc(OC(C)(C)C)c(OC(C)(C)C)c1.CCO[Si](C)(OCC)c1ccc(OC(C)(C)C)cc1OC(C)(C)C.CCO[Si](C)(OCC)c1cccc(OC(C)(C)C)c1OC(C)(C)C. The van der Waals surface area contributed by atoms with Gasteiger partial charge in [0.05, 0.1) is 5.19 Å². The number of hydrogen-bond acceptors (Lipinski definition) is 24. The first-order valence-electron chi connectivity index (χ1n) is 52.2. The van der Waals surface area contributed by atoms with Crippen molar-refractivity contribution in [3.05, 3.63) is 109 Å². The molecule has 0 aromatic heterocycles. The Balaban J connectivity index is 0.000000864. The van der Waals surface area contributed by atoms with Gasteiger partial charge in [-0.1, -0.05) is 30.3 Å². The fourth-order valence-corrected chi connectivity index (χ4v) is 29.3. The highest BCUT2D eigenvalue weighted by Crippen LogP contribution is 2.39. The van der Waals surface area contributed by atoms with Crippen LogP contribution in [0.5, 0.6) is 69.0 Å². The molecule has 0 aliphatic heterocycles. The van der Waals surface area contributed by atoms with Crippen LogP contribution in [0, 0.1) is 0 Å². The molecule has 0 atom stereocenters. The first-order chi connectivity index (χ1) is 65.4. The van der Waals surface area contributed by atoms with Gasteiger partial charge in [0, 0.05) is 112 Å². The van der Waals surface area contributed by atoms with E-state index in [0.717, 1.165) is 100 Å². The predicted molar refractivity (Wildman–Crippen MR) is 610 cm³/mol. The highest BCUT2D eigenvalue weighted by Gasteiger charge is 2.46. The van der Waals surface area contributed by atoms with Gasteiger partial charge in [-0.05, 0) is 444 Å². The van der Waals surface area contributed by atoms with E-state index in [1.807, 2.05) is 442 Å². The molecule has 828 valence electrons. The van der Waals surface area contributed by atoms with Crippen LogP contribution >= 0.6 is 0 Å². The van der Waals surface area contributed by atoms with Gasteiger partial charge in [-0.15, -0.1) is 0 Å². The fourth-order valence-electron chi connectivity index (χ4n) is 14.7. The van der Waals surface area contributed by atoms with E-state index in [2.05, 4.69) is 39.3 Å². The minimum Gasteiger partial charge on any atom is -0.488 e. The molecule has 0 saturated heterocycles. The summed E-state index contributed by atoms with van der Waals surface area (Å²) >= 11 is 0. The second-order valence-electron chi connectivity index (χ2n) is 47.4. The van der Waals surface area contributed by atoms with Crippen molar-refractivity contribution in [1.82, 2.24) is 0 Å². The number of para-hydroxylation sites is 1. The molecule has 0 radical (unpaired) electrons. The lowest BCUT2D eigenvalue weighted by Gasteiger charge is -2.33. The van der Waals surface area contributed by atoms with Gasteiger partial charge in [0.2, 0.25) is 0 Å². The minimum absolute atomic E-state index is 0.263. The zero-order valence-electron chi connectivity index (χ0n) is 101. The molecule has 0 saturated carbocycles. The maximum absolute atomic E-state index is 6.30. The van der Waals surface area contributed by atoms with Crippen molar-refractivity contribution in [2.45, 2.75) is 439 Å². The number of rotatable bonds is 42. The summed E-state index contributed by atoms with van der Waals surface area (Å²) in [6, 6.07) is 35.8. The van der Waals surface area contributed by atoms with Gasteiger partial charge in [-0.3, -0.25) is 0 Å². The van der Waals surface area contributed by atoms with Gasteiger partial charge < -0.3 is 110 Å². The standard InChI is InChI=1S/6C19H34O4Si/c1-10-20-24(9,21-11-2)17-13-15(22-18(3,4)5)12-16(14-17)23-19(6,7)8;1-10-20-24(9,21-11-2)17-13-12-15(22-18(3,4)5)14-16(17)23-19(6,7)8;1-10-20-24(9,21-11-2)15-12-13-16(22-18(3,4)5)17(14-15)23-19(6,7)8;1-10-20-24(9,21-11-2)17-14-15(22-18(3,4)5)12-13-16(17)23-19(6,7)8;1-10-20-24(9,21-11-2)16-14-12-13-15(22-18(3,4)5)17(16)23-19(6,7)8;1-10-20-24(9,21-11-2)17-15(22-18(3,4)5)13-12-14-16(17)23-19(6,7)8/h6*12-14H,10-11H2,1-9H3. The van der Waals surface area contributed by atoms with Crippen molar-refractivity contribution in [2.24, 2.45) is 0 Å². The summed E-state index contributed by atoms with van der Waals surface area (Å²) in [7, 11) is -15.3. The van der Waals surface area contributed by atoms with Crippen LogP contribution in [0.25, 0.3) is 0 Å². The number of benzene rings is 6. The molecule has 144 heavy (non-hydrogen) atoms. The normalized spacial score (nSPS) is 13.0. The second-order valence-corrected chi connectivity index (χ2v) is 65.5. The minimum atomic E-state index is -2.66. The molecule has 0 aliphatic carbocycles. The van der Waals surface area contributed by atoms with Crippen LogP contribution < -0.4 is 88.0 Å². The first kappa shape index (κ1) is 136. The average molecular weight is 2130 g/mol. The Morgan fingerprint density at radius 3 is 0.764 bits per heavy atom. The molecular formula is C114H204O24Si6. The Morgan fingerprint density at radius 2 is 0.417 bits per heavy atom. The zero-order valence-corrected chi connectivity index (χ0v) is 107. The van der Waals surface area contributed by atoms with E-state index in [1.54, 1.807) is 0 Å². The van der Waals surface area contributed by atoms with Crippen molar-refractivity contribution in [2.75, 3.05) is 79.3 Å². The van der Waals surface area contributed by atoms with Crippen LogP contribution in [-0.4, -0.2) is 198 Å². The van der Waals surface area contributed by atoms with Crippen LogP contribution in [-0.2, 0) is 53.1 Å². The summed E-state index contributed by atoms with van der Waals surface area (Å²) in [6.45, 7) is 117. The fraction of sp³-hybridized carbons (Fsp3) is 0.684. The zero-order chi connectivity index (χ0) is 112. The molecule has 0 spiro atoms. The van der Waals surface area contributed by atoms with E-state index >= 15 is 0 Å². The lowest BCUT2D eigenvalue weighted by atomic mass is 10.1. The Kier molecular flexibility index (Phi) is 54.0. The summed E-state index contributed by atoms with van der Waals surface area (Å²) in [5, 5.41) is 5.95. The second kappa shape index (κ2) is 57.3. The Bertz CT molecular complexity index is 4530. The van der Waals surface area contributed by atoms with Gasteiger partial charge in [0.15, 0.2) is 23.0 Å². The van der Waals surface area contributed by atoms with E-state index in [4.69, 9.17) is 110 Å². The average Bonchev–Trinajstić information content (AvgIpc) is 0.777. The van der Waals surface area contributed by atoms with E-state index in [0.29, 0.717) is 79.3 Å². The van der Waals surface area contributed by atoms with Crippen LogP contribution in [0.4, 0.5) is 0 Å². The van der Waals surface area contributed by atoms with Gasteiger partial charge in [0.1, 0.15) is 113 Å². The van der Waals surface area contributed by atoms with Crippen molar-refractivity contribution < 1.29 is 110 Å². The third kappa shape index (κ3) is 52.5. The molecular weight excluding hydrogens is 1920 g/mol. The van der Waals surface area contributed by atoms with Gasteiger partial charge >= 0.3 is 51.4 Å². The highest BCUT2D eigenvalue weighted by molar-refractivity contribution is 6.83. The molecule has 24 nitrogen and oxygen atoms in total. The molecule has 0 aliphatic rings. The topological polar surface area (TPSA) is 222 Å². The maximum Gasteiger partial charge on any atom is 0.376 e. The summed E-state index contributed by atoms with van der Waals surface area (Å²) in [6.07, 6.45) is 0. The van der Waals surface area contributed by atoms with Gasteiger partial charge in [0.25, 0.3) is 0 Å². The predicted octanol–water partition coefficient (Wildman–Crippen LogP) is 26.4. The Labute approximate surface area is 883 Å².